The minimum atomic E-state index is 0.0404. The molecule has 1 saturated heterocycles. The van der Waals surface area contributed by atoms with E-state index in [9.17, 15) is 4.79 Å². The summed E-state index contributed by atoms with van der Waals surface area (Å²) in [4.78, 5) is 24.5. The fourth-order valence-electron chi connectivity index (χ4n) is 3.39. The van der Waals surface area contributed by atoms with Crippen LogP contribution in [0.1, 0.15) is 37.9 Å². The maximum atomic E-state index is 13.1. The number of carbonyl (C=O) groups is 1. The Hall–Kier alpha value is -2.60. The summed E-state index contributed by atoms with van der Waals surface area (Å²) in [5.74, 6) is 0.800. The maximum Gasteiger partial charge on any atom is 0.266 e. The number of amidine groups is 1. The molecule has 138 valence electrons. The summed E-state index contributed by atoms with van der Waals surface area (Å²) in [6.45, 7) is 0. The number of amides is 1. The third-order valence-corrected chi connectivity index (χ3v) is 5.70. The molecule has 2 aromatic heterocycles. The van der Waals surface area contributed by atoms with E-state index in [1.165, 1.54) is 18.2 Å². The predicted molar refractivity (Wildman–Crippen MR) is 108 cm³/mol. The van der Waals surface area contributed by atoms with Crippen molar-refractivity contribution in [1.29, 1.82) is 0 Å². The second kappa shape index (κ2) is 8.39. The highest BCUT2D eigenvalue weighted by molar-refractivity contribution is 8.18. The van der Waals surface area contributed by atoms with Crippen LogP contribution in [-0.2, 0) is 4.79 Å². The van der Waals surface area contributed by atoms with E-state index in [-0.39, 0.29) is 11.9 Å². The Labute approximate surface area is 162 Å². The van der Waals surface area contributed by atoms with Crippen molar-refractivity contribution in [1.82, 2.24) is 9.88 Å². The van der Waals surface area contributed by atoms with Crippen LogP contribution in [0.15, 0.2) is 69.4 Å². The molecule has 0 spiro atoms. The summed E-state index contributed by atoms with van der Waals surface area (Å²) in [5.41, 5.74) is 0.765. The third-order valence-electron chi connectivity index (χ3n) is 4.70. The molecule has 1 aliphatic carbocycles. The minimum Gasteiger partial charge on any atom is -0.465 e. The van der Waals surface area contributed by atoms with Gasteiger partial charge in [0.1, 0.15) is 5.76 Å². The molecule has 3 heterocycles. The molecule has 2 fully saturated rings. The molecule has 2 aliphatic rings. The van der Waals surface area contributed by atoms with Crippen LogP contribution in [0.3, 0.4) is 0 Å². The maximum absolute atomic E-state index is 13.1. The molecular formula is C21H21N3O2S. The predicted octanol–water partition coefficient (Wildman–Crippen LogP) is 5.17. The number of nitrogens with zero attached hydrogens (tertiary/aromatic N) is 3. The lowest BCUT2D eigenvalue weighted by atomic mass is 9.94. The molecule has 27 heavy (non-hydrogen) atoms. The number of pyridine rings is 1. The zero-order valence-electron chi connectivity index (χ0n) is 15.0. The normalized spacial score (nSPS) is 21.8. The molecule has 6 heteroatoms. The summed E-state index contributed by atoms with van der Waals surface area (Å²) in [6, 6.07) is 7.71. The fraction of sp³-hybridized carbons (Fsp3) is 0.286. The van der Waals surface area contributed by atoms with Crippen molar-refractivity contribution < 1.29 is 9.21 Å². The summed E-state index contributed by atoms with van der Waals surface area (Å²) >= 11 is 1.43. The van der Waals surface area contributed by atoms with Gasteiger partial charge in [0, 0.05) is 12.2 Å². The summed E-state index contributed by atoms with van der Waals surface area (Å²) < 4.78 is 5.29. The van der Waals surface area contributed by atoms with Crippen molar-refractivity contribution in [3.05, 3.63) is 65.7 Å². The fourth-order valence-corrected chi connectivity index (χ4v) is 4.40. The van der Waals surface area contributed by atoms with Crippen LogP contribution >= 0.6 is 11.8 Å². The van der Waals surface area contributed by atoms with Gasteiger partial charge in [-0.25, -0.2) is 4.99 Å². The van der Waals surface area contributed by atoms with Crippen molar-refractivity contribution in [2.75, 3.05) is 0 Å². The molecule has 4 rings (SSSR count). The molecule has 0 bridgehead atoms. The summed E-state index contributed by atoms with van der Waals surface area (Å²) in [5, 5.41) is 0.748. The Balaban J connectivity index is 1.61. The highest BCUT2D eigenvalue weighted by Crippen LogP contribution is 2.37. The minimum absolute atomic E-state index is 0.0404. The van der Waals surface area contributed by atoms with E-state index in [0.29, 0.717) is 4.91 Å². The summed E-state index contributed by atoms with van der Waals surface area (Å²) in [6.07, 6.45) is 16.3. The number of rotatable bonds is 4. The molecule has 0 atom stereocenters. The highest BCUT2D eigenvalue weighted by Gasteiger charge is 2.38. The molecular weight excluding hydrogens is 358 g/mol. The number of carbonyl (C=O) groups excluding carboxylic acids is 1. The van der Waals surface area contributed by atoms with Crippen LogP contribution in [-0.4, -0.2) is 27.0 Å². The van der Waals surface area contributed by atoms with E-state index in [1.807, 2.05) is 47.4 Å². The number of hydrogen-bond donors (Lipinski definition) is 0. The van der Waals surface area contributed by atoms with E-state index < -0.39 is 0 Å². The second-order valence-electron chi connectivity index (χ2n) is 6.58. The van der Waals surface area contributed by atoms with Gasteiger partial charge in [-0.15, -0.1) is 0 Å². The molecule has 1 aliphatic heterocycles. The van der Waals surface area contributed by atoms with Crippen LogP contribution in [0, 0.1) is 0 Å². The van der Waals surface area contributed by atoms with Crippen LogP contribution in [0.2, 0.25) is 0 Å². The topological polar surface area (TPSA) is 58.7 Å². The number of furan rings is 1. The first-order valence-electron chi connectivity index (χ1n) is 9.23. The Morgan fingerprint density at radius 3 is 2.85 bits per heavy atom. The Morgan fingerprint density at radius 2 is 2.11 bits per heavy atom. The Morgan fingerprint density at radius 1 is 1.22 bits per heavy atom. The van der Waals surface area contributed by atoms with E-state index >= 15 is 0 Å². The van der Waals surface area contributed by atoms with E-state index in [1.54, 1.807) is 18.7 Å². The van der Waals surface area contributed by atoms with Crippen LogP contribution < -0.4 is 0 Å². The van der Waals surface area contributed by atoms with Crippen molar-refractivity contribution in [3.8, 4) is 0 Å². The average molecular weight is 379 g/mol. The van der Waals surface area contributed by atoms with E-state index in [2.05, 4.69) is 4.98 Å². The Kier molecular flexibility index (Phi) is 5.53. The van der Waals surface area contributed by atoms with Gasteiger partial charge in [-0.1, -0.05) is 25.3 Å². The number of aromatic nitrogens is 1. The average Bonchev–Trinajstić information content (AvgIpc) is 3.32. The SMILES string of the molecule is O=C1/C(=C\C=C\c2ccco2)SC(=Nc2cccnc2)N1C1CCCCC1. The molecule has 1 amide bonds. The smallest absolute Gasteiger partial charge is 0.266 e. The molecule has 0 radical (unpaired) electrons. The standard InChI is InChI=1S/C21H21N3O2S/c25-20-19(12-4-10-18-11-6-14-26-18)27-21(23-16-7-5-13-22-15-16)24(20)17-8-2-1-3-9-17/h4-7,10-15,17H,1-3,8-9H2/b10-4+,19-12+,23-21?. The highest BCUT2D eigenvalue weighted by atomic mass is 32.2. The van der Waals surface area contributed by atoms with E-state index in [4.69, 9.17) is 9.41 Å². The van der Waals surface area contributed by atoms with Crippen molar-refractivity contribution in [2.24, 2.45) is 4.99 Å². The molecule has 0 N–H and O–H groups in total. The monoisotopic (exact) mass is 379 g/mol. The van der Waals surface area contributed by atoms with Crippen molar-refractivity contribution in [3.63, 3.8) is 0 Å². The first-order chi connectivity index (χ1) is 13.3. The van der Waals surface area contributed by atoms with Gasteiger partial charge in [0.25, 0.3) is 5.91 Å². The largest absolute Gasteiger partial charge is 0.465 e. The Bertz CT molecular complexity index is 866. The number of thioether (sulfide) groups is 1. The lowest BCUT2D eigenvalue weighted by Gasteiger charge is -2.30. The van der Waals surface area contributed by atoms with Gasteiger partial charge in [-0.2, -0.15) is 0 Å². The van der Waals surface area contributed by atoms with Gasteiger partial charge < -0.3 is 4.42 Å². The van der Waals surface area contributed by atoms with Gasteiger partial charge in [0.05, 0.1) is 23.1 Å². The zero-order chi connectivity index (χ0) is 18.5. The van der Waals surface area contributed by atoms with Crippen molar-refractivity contribution >= 4 is 34.6 Å². The first-order valence-corrected chi connectivity index (χ1v) is 10.0. The van der Waals surface area contributed by atoms with Gasteiger partial charge >= 0.3 is 0 Å². The molecule has 0 aromatic carbocycles. The lowest BCUT2D eigenvalue weighted by Crippen LogP contribution is -2.40. The number of allylic oxidation sites excluding steroid dienone is 2. The number of aliphatic imine (C=N–C) groups is 1. The quantitative estimate of drug-likeness (QED) is 0.688. The zero-order valence-corrected chi connectivity index (χ0v) is 15.8. The first kappa shape index (κ1) is 17.8. The van der Waals surface area contributed by atoms with Crippen LogP contribution in [0.4, 0.5) is 5.69 Å². The van der Waals surface area contributed by atoms with E-state index in [0.717, 1.165) is 42.3 Å². The lowest BCUT2D eigenvalue weighted by molar-refractivity contribution is -0.124. The van der Waals surface area contributed by atoms with Gasteiger partial charge in [0.15, 0.2) is 5.17 Å². The second-order valence-corrected chi connectivity index (χ2v) is 7.59. The number of hydrogen-bond acceptors (Lipinski definition) is 5. The summed E-state index contributed by atoms with van der Waals surface area (Å²) in [7, 11) is 0. The van der Waals surface area contributed by atoms with Gasteiger partial charge in [-0.05, 0) is 61.0 Å². The van der Waals surface area contributed by atoms with Crippen LogP contribution in [0.25, 0.3) is 6.08 Å². The third kappa shape index (κ3) is 4.22. The van der Waals surface area contributed by atoms with Crippen molar-refractivity contribution in [2.45, 2.75) is 38.1 Å². The molecule has 5 nitrogen and oxygen atoms in total. The molecule has 1 saturated carbocycles. The van der Waals surface area contributed by atoms with Crippen LogP contribution in [0.5, 0.6) is 0 Å². The van der Waals surface area contributed by atoms with Gasteiger partial charge in [-0.3, -0.25) is 14.7 Å². The van der Waals surface area contributed by atoms with Gasteiger partial charge in [0.2, 0.25) is 0 Å². The molecule has 0 unspecified atom stereocenters. The molecule has 2 aromatic rings.